The molecule has 2 unspecified atom stereocenters. The highest BCUT2D eigenvalue weighted by Crippen LogP contribution is 2.09. The summed E-state index contributed by atoms with van der Waals surface area (Å²) in [5.41, 5.74) is 0.0724. The third kappa shape index (κ3) is 8.89. The van der Waals surface area contributed by atoms with Crippen LogP contribution >= 0.6 is 11.8 Å². The molecular weight excluding hydrogens is 232 g/mol. The molecule has 0 bridgehead atoms. The average molecular weight is 262 g/mol. The Morgan fingerprint density at radius 2 is 1.94 bits per heavy atom. The molecule has 0 spiro atoms. The SMILES string of the molecule is CCC(CSC)N(C)CC(O)CNC(C)(C)C. The lowest BCUT2D eigenvalue weighted by Gasteiger charge is -2.30. The van der Waals surface area contributed by atoms with Crippen molar-refractivity contribution >= 4 is 11.8 Å². The van der Waals surface area contributed by atoms with Crippen LogP contribution in [0.1, 0.15) is 34.1 Å². The van der Waals surface area contributed by atoms with Gasteiger partial charge in [-0.3, -0.25) is 4.90 Å². The van der Waals surface area contributed by atoms with Crippen LogP contribution in [-0.4, -0.2) is 59.8 Å². The minimum Gasteiger partial charge on any atom is -0.390 e. The first-order valence-electron chi connectivity index (χ1n) is 6.42. The van der Waals surface area contributed by atoms with E-state index >= 15 is 0 Å². The lowest BCUT2D eigenvalue weighted by atomic mass is 10.1. The van der Waals surface area contributed by atoms with E-state index in [1.54, 1.807) is 0 Å². The molecule has 0 rings (SSSR count). The van der Waals surface area contributed by atoms with Crippen LogP contribution in [0.25, 0.3) is 0 Å². The van der Waals surface area contributed by atoms with Crippen molar-refractivity contribution in [3.8, 4) is 0 Å². The zero-order valence-corrected chi connectivity index (χ0v) is 13.1. The molecule has 0 aliphatic rings. The normalized spacial score (nSPS) is 16.2. The molecule has 0 aliphatic heterocycles. The quantitative estimate of drug-likeness (QED) is 0.699. The van der Waals surface area contributed by atoms with E-state index < -0.39 is 0 Å². The first-order chi connectivity index (χ1) is 7.80. The number of hydrogen-bond donors (Lipinski definition) is 2. The fraction of sp³-hybridized carbons (Fsp3) is 1.00. The zero-order valence-electron chi connectivity index (χ0n) is 12.3. The molecule has 2 atom stereocenters. The van der Waals surface area contributed by atoms with Crippen molar-refractivity contribution in [2.45, 2.75) is 51.8 Å². The molecule has 0 saturated carbocycles. The van der Waals surface area contributed by atoms with Crippen LogP contribution < -0.4 is 5.32 Å². The maximum Gasteiger partial charge on any atom is 0.0791 e. The van der Waals surface area contributed by atoms with Crippen LogP contribution in [0.2, 0.25) is 0 Å². The van der Waals surface area contributed by atoms with Crippen LogP contribution in [0.15, 0.2) is 0 Å². The van der Waals surface area contributed by atoms with Crippen molar-refractivity contribution in [2.24, 2.45) is 0 Å². The van der Waals surface area contributed by atoms with Gasteiger partial charge in [-0.05, 0) is 40.5 Å². The summed E-state index contributed by atoms with van der Waals surface area (Å²) in [5.74, 6) is 1.13. The van der Waals surface area contributed by atoms with Crippen LogP contribution in [-0.2, 0) is 0 Å². The summed E-state index contributed by atoms with van der Waals surface area (Å²) in [6.45, 7) is 9.95. The molecule has 3 nitrogen and oxygen atoms in total. The molecule has 4 heteroatoms. The lowest BCUT2D eigenvalue weighted by Crippen LogP contribution is -2.46. The summed E-state index contributed by atoms with van der Waals surface area (Å²) >= 11 is 1.87. The first kappa shape index (κ1) is 17.2. The summed E-state index contributed by atoms with van der Waals surface area (Å²) in [6, 6.07) is 0.564. The van der Waals surface area contributed by atoms with Gasteiger partial charge in [-0.1, -0.05) is 6.92 Å². The molecule has 0 aromatic heterocycles. The Hall–Kier alpha value is 0.230. The average Bonchev–Trinajstić information content (AvgIpc) is 2.22. The number of nitrogens with zero attached hydrogens (tertiary/aromatic N) is 1. The first-order valence-corrected chi connectivity index (χ1v) is 7.81. The summed E-state index contributed by atoms with van der Waals surface area (Å²) in [5, 5.41) is 13.3. The largest absolute Gasteiger partial charge is 0.390 e. The number of hydrogen-bond acceptors (Lipinski definition) is 4. The highest BCUT2D eigenvalue weighted by molar-refractivity contribution is 7.98. The number of nitrogens with one attached hydrogen (secondary N) is 1. The fourth-order valence-electron chi connectivity index (χ4n) is 1.72. The molecule has 0 radical (unpaired) electrons. The molecule has 0 fully saturated rings. The van der Waals surface area contributed by atoms with Crippen molar-refractivity contribution in [1.29, 1.82) is 0 Å². The Kier molecular flexibility index (Phi) is 8.47. The summed E-state index contributed by atoms with van der Waals surface area (Å²) in [6.07, 6.45) is 2.97. The Morgan fingerprint density at radius 3 is 2.35 bits per heavy atom. The second-order valence-corrected chi connectivity index (χ2v) is 6.65. The standard InChI is InChI=1S/C13H30N2OS/c1-7-11(10-17-6)15(5)9-12(16)8-14-13(2,3)4/h11-12,14,16H,7-10H2,1-6H3. The Morgan fingerprint density at radius 1 is 1.35 bits per heavy atom. The Labute approximate surface area is 111 Å². The molecule has 0 amide bonds. The second kappa shape index (κ2) is 8.35. The monoisotopic (exact) mass is 262 g/mol. The zero-order chi connectivity index (χ0) is 13.5. The summed E-state index contributed by atoms with van der Waals surface area (Å²) in [4.78, 5) is 2.27. The van der Waals surface area contributed by atoms with Gasteiger partial charge in [-0.25, -0.2) is 0 Å². The van der Waals surface area contributed by atoms with Crippen molar-refractivity contribution in [1.82, 2.24) is 10.2 Å². The van der Waals surface area contributed by atoms with Gasteiger partial charge in [0.1, 0.15) is 0 Å². The minimum absolute atomic E-state index is 0.0724. The predicted molar refractivity (Wildman–Crippen MR) is 78.9 cm³/mol. The van der Waals surface area contributed by atoms with Gasteiger partial charge in [0.05, 0.1) is 6.10 Å². The van der Waals surface area contributed by atoms with Gasteiger partial charge in [0.25, 0.3) is 0 Å². The van der Waals surface area contributed by atoms with Gasteiger partial charge >= 0.3 is 0 Å². The maximum absolute atomic E-state index is 9.98. The highest BCUT2D eigenvalue weighted by atomic mass is 32.2. The second-order valence-electron chi connectivity index (χ2n) is 5.74. The topological polar surface area (TPSA) is 35.5 Å². The number of aliphatic hydroxyl groups excluding tert-OH is 1. The summed E-state index contributed by atoms with van der Waals surface area (Å²) in [7, 11) is 2.10. The van der Waals surface area contributed by atoms with E-state index in [9.17, 15) is 5.11 Å². The molecule has 17 heavy (non-hydrogen) atoms. The number of β-amino-alcohol motifs (C(OH)–C–C–N with tert-alkyl or cyclic N) is 1. The van der Waals surface area contributed by atoms with Crippen molar-refractivity contribution in [3.63, 3.8) is 0 Å². The van der Waals surface area contributed by atoms with Gasteiger partial charge < -0.3 is 10.4 Å². The van der Waals surface area contributed by atoms with Gasteiger partial charge in [0.2, 0.25) is 0 Å². The molecule has 0 aliphatic carbocycles. The molecule has 0 aromatic rings. The summed E-state index contributed by atoms with van der Waals surface area (Å²) < 4.78 is 0. The van der Waals surface area contributed by atoms with E-state index in [1.807, 2.05) is 11.8 Å². The van der Waals surface area contributed by atoms with E-state index in [1.165, 1.54) is 0 Å². The molecule has 104 valence electrons. The van der Waals surface area contributed by atoms with E-state index in [0.717, 1.165) is 18.7 Å². The van der Waals surface area contributed by atoms with Crippen molar-refractivity contribution in [3.05, 3.63) is 0 Å². The van der Waals surface area contributed by atoms with Crippen LogP contribution in [0, 0.1) is 0 Å². The van der Waals surface area contributed by atoms with Crippen LogP contribution in [0.3, 0.4) is 0 Å². The maximum atomic E-state index is 9.98. The smallest absolute Gasteiger partial charge is 0.0791 e. The Bertz CT molecular complexity index is 194. The number of aliphatic hydroxyl groups is 1. The van der Waals surface area contributed by atoms with E-state index in [0.29, 0.717) is 12.6 Å². The molecule has 0 saturated heterocycles. The highest BCUT2D eigenvalue weighted by Gasteiger charge is 2.17. The predicted octanol–water partition coefficient (Wildman–Crippen LogP) is 1.81. The number of rotatable bonds is 8. The van der Waals surface area contributed by atoms with Gasteiger partial charge in [-0.2, -0.15) is 11.8 Å². The minimum atomic E-state index is -0.296. The third-order valence-electron chi connectivity index (χ3n) is 2.82. The molecule has 0 aromatic carbocycles. The van der Waals surface area contributed by atoms with Gasteiger partial charge in [0.15, 0.2) is 0 Å². The number of thioether (sulfide) groups is 1. The van der Waals surface area contributed by atoms with Crippen molar-refractivity contribution in [2.75, 3.05) is 32.1 Å². The van der Waals surface area contributed by atoms with Crippen molar-refractivity contribution < 1.29 is 5.11 Å². The van der Waals surface area contributed by atoms with Gasteiger partial charge in [0, 0.05) is 30.4 Å². The molecular formula is C13H30N2OS. The third-order valence-corrected chi connectivity index (χ3v) is 3.54. The van der Waals surface area contributed by atoms with Gasteiger partial charge in [-0.15, -0.1) is 0 Å². The van der Waals surface area contributed by atoms with E-state index in [-0.39, 0.29) is 11.6 Å². The molecule has 2 N–H and O–H groups in total. The van der Waals surface area contributed by atoms with Crippen LogP contribution in [0.5, 0.6) is 0 Å². The van der Waals surface area contributed by atoms with Crippen LogP contribution in [0.4, 0.5) is 0 Å². The Balaban J connectivity index is 3.96. The van der Waals surface area contributed by atoms with E-state index in [4.69, 9.17) is 0 Å². The van der Waals surface area contributed by atoms with E-state index in [2.05, 4.69) is 51.2 Å². The fourth-order valence-corrected chi connectivity index (χ4v) is 2.59. The number of likely N-dealkylation sites (N-methyl/N-ethyl adjacent to an activating group) is 1. The molecule has 0 heterocycles. The lowest BCUT2D eigenvalue weighted by molar-refractivity contribution is 0.101.